The van der Waals surface area contributed by atoms with E-state index in [-0.39, 0.29) is 23.7 Å². The molecule has 2 aromatic rings. The molecule has 0 bridgehead atoms. The summed E-state index contributed by atoms with van der Waals surface area (Å²) in [6.07, 6.45) is 5.17. The van der Waals surface area contributed by atoms with E-state index in [1.807, 2.05) is 18.2 Å². The summed E-state index contributed by atoms with van der Waals surface area (Å²) in [6.45, 7) is 2.85. The molecule has 4 rings (SSSR count). The highest BCUT2D eigenvalue weighted by Crippen LogP contribution is 2.68. The van der Waals surface area contributed by atoms with Crippen molar-refractivity contribution in [2.45, 2.75) is 31.8 Å². The molecular weight excluding hydrogens is 368 g/mol. The van der Waals surface area contributed by atoms with Crippen molar-refractivity contribution in [1.82, 2.24) is 20.2 Å². The first-order valence-electron chi connectivity index (χ1n) is 10.0. The Balaban J connectivity index is 1.47. The molecule has 152 valence electrons. The van der Waals surface area contributed by atoms with Gasteiger partial charge in [0.2, 0.25) is 11.8 Å². The molecule has 1 aliphatic heterocycles. The van der Waals surface area contributed by atoms with Crippen LogP contribution in [0.25, 0.3) is 0 Å². The zero-order chi connectivity index (χ0) is 20.4. The van der Waals surface area contributed by atoms with Gasteiger partial charge in [-0.15, -0.1) is 0 Å². The van der Waals surface area contributed by atoms with Gasteiger partial charge in [-0.25, -0.2) is 0 Å². The summed E-state index contributed by atoms with van der Waals surface area (Å²) < 4.78 is 0. The van der Waals surface area contributed by atoms with Crippen molar-refractivity contribution in [2.75, 3.05) is 19.6 Å². The molecule has 2 heterocycles. The van der Waals surface area contributed by atoms with Gasteiger partial charge in [-0.2, -0.15) is 0 Å². The molecule has 2 aliphatic rings. The molecule has 1 aromatic heterocycles. The molecule has 2 amide bonds. The summed E-state index contributed by atoms with van der Waals surface area (Å²) in [6, 6.07) is 10.1. The SMILES string of the molecule is CC(=O)NC[C@@H]1[C@@H](c2ccccc2)[C@]12CN(C(=O)CCc1cnccn1)C[C@@H]2O. The summed E-state index contributed by atoms with van der Waals surface area (Å²) in [5.41, 5.74) is 1.54. The molecule has 0 unspecified atom stereocenters. The molecule has 1 aromatic carbocycles. The number of rotatable bonds is 6. The molecule has 1 spiro atoms. The number of likely N-dealkylation sites (tertiary alicyclic amines) is 1. The molecule has 7 nitrogen and oxygen atoms in total. The maximum atomic E-state index is 12.8. The largest absolute Gasteiger partial charge is 0.391 e. The lowest BCUT2D eigenvalue weighted by Gasteiger charge is -2.17. The highest BCUT2D eigenvalue weighted by atomic mass is 16.3. The van der Waals surface area contributed by atoms with Crippen molar-refractivity contribution >= 4 is 11.8 Å². The second kappa shape index (κ2) is 7.91. The number of benzene rings is 1. The van der Waals surface area contributed by atoms with E-state index in [9.17, 15) is 14.7 Å². The Hall–Kier alpha value is -2.80. The van der Waals surface area contributed by atoms with E-state index in [0.29, 0.717) is 32.5 Å². The Morgan fingerprint density at radius 1 is 1.28 bits per heavy atom. The van der Waals surface area contributed by atoms with Crippen LogP contribution in [-0.4, -0.2) is 57.5 Å². The van der Waals surface area contributed by atoms with Crippen molar-refractivity contribution < 1.29 is 14.7 Å². The minimum atomic E-state index is -0.605. The van der Waals surface area contributed by atoms with Gasteiger partial charge in [0.25, 0.3) is 0 Å². The van der Waals surface area contributed by atoms with Gasteiger partial charge in [0.05, 0.1) is 11.8 Å². The third kappa shape index (κ3) is 3.74. The number of aromatic nitrogens is 2. The number of aliphatic hydroxyl groups excluding tert-OH is 1. The van der Waals surface area contributed by atoms with Crippen LogP contribution in [0.3, 0.4) is 0 Å². The van der Waals surface area contributed by atoms with E-state index in [1.165, 1.54) is 6.92 Å². The van der Waals surface area contributed by atoms with E-state index in [0.717, 1.165) is 11.3 Å². The fourth-order valence-corrected chi connectivity index (χ4v) is 4.90. The standard InChI is InChI=1S/C22H26N4O3/c1-15(27)25-12-18-21(16-5-3-2-4-6-16)22(18)14-26(13-19(22)28)20(29)8-7-17-11-23-9-10-24-17/h2-6,9-11,18-19,21,28H,7-8,12-14H2,1H3,(H,25,27)/t18-,19+,21-,22-/m1/s1. The van der Waals surface area contributed by atoms with Crippen molar-refractivity contribution in [3.05, 3.63) is 60.2 Å². The van der Waals surface area contributed by atoms with Gasteiger partial charge >= 0.3 is 0 Å². The van der Waals surface area contributed by atoms with Crippen molar-refractivity contribution in [2.24, 2.45) is 11.3 Å². The van der Waals surface area contributed by atoms with Gasteiger partial charge in [-0.3, -0.25) is 19.6 Å². The van der Waals surface area contributed by atoms with Gasteiger partial charge in [-0.05, 0) is 23.8 Å². The Labute approximate surface area is 170 Å². The van der Waals surface area contributed by atoms with E-state index in [4.69, 9.17) is 0 Å². The van der Waals surface area contributed by atoms with Crippen LogP contribution in [0.5, 0.6) is 0 Å². The summed E-state index contributed by atoms with van der Waals surface area (Å²) in [5, 5.41) is 13.9. The van der Waals surface area contributed by atoms with E-state index >= 15 is 0 Å². The summed E-state index contributed by atoms with van der Waals surface area (Å²) in [4.78, 5) is 34.3. The number of aliphatic hydroxyl groups is 1. The fourth-order valence-electron chi connectivity index (χ4n) is 4.90. The Kier molecular flexibility index (Phi) is 5.32. The Morgan fingerprint density at radius 2 is 2.07 bits per heavy atom. The minimum absolute atomic E-state index is 0.0172. The van der Waals surface area contributed by atoms with Gasteiger partial charge in [0, 0.05) is 57.0 Å². The maximum absolute atomic E-state index is 12.8. The quantitative estimate of drug-likeness (QED) is 0.766. The first kappa shape index (κ1) is 19.5. The summed E-state index contributed by atoms with van der Waals surface area (Å²) in [7, 11) is 0. The number of hydrogen-bond acceptors (Lipinski definition) is 5. The van der Waals surface area contributed by atoms with Crippen LogP contribution in [0.2, 0.25) is 0 Å². The van der Waals surface area contributed by atoms with Gasteiger partial charge < -0.3 is 15.3 Å². The van der Waals surface area contributed by atoms with Crippen LogP contribution >= 0.6 is 0 Å². The van der Waals surface area contributed by atoms with E-state index in [1.54, 1.807) is 23.5 Å². The molecule has 1 saturated heterocycles. The van der Waals surface area contributed by atoms with Crippen molar-refractivity contribution in [3.63, 3.8) is 0 Å². The monoisotopic (exact) mass is 394 g/mol. The number of nitrogens with zero attached hydrogens (tertiary/aromatic N) is 3. The van der Waals surface area contributed by atoms with Crippen LogP contribution in [-0.2, 0) is 16.0 Å². The van der Waals surface area contributed by atoms with Crippen molar-refractivity contribution in [1.29, 1.82) is 0 Å². The first-order valence-corrected chi connectivity index (χ1v) is 10.0. The van der Waals surface area contributed by atoms with Gasteiger partial charge in [0.15, 0.2) is 0 Å². The van der Waals surface area contributed by atoms with Crippen LogP contribution in [0.1, 0.15) is 30.5 Å². The third-order valence-electron chi connectivity index (χ3n) is 6.34. The van der Waals surface area contributed by atoms with Crippen LogP contribution < -0.4 is 5.32 Å². The fraction of sp³-hybridized carbons (Fsp3) is 0.455. The maximum Gasteiger partial charge on any atom is 0.223 e. The number of amides is 2. The molecule has 1 aliphatic carbocycles. The molecule has 2 fully saturated rings. The third-order valence-corrected chi connectivity index (χ3v) is 6.34. The molecule has 1 saturated carbocycles. The predicted octanol–water partition coefficient (Wildman–Crippen LogP) is 1.15. The number of nitrogens with one attached hydrogen (secondary N) is 1. The smallest absolute Gasteiger partial charge is 0.223 e. The second-order valence-corrected chi connectivity index (χ2v) is 8.03. The lowest BCUT2D eigenvalue weighted by Crippen LogP contribution is -2.30. The highest BCUT2D eigenvalue weighted by molar-refractivity contribution is 5.77. The average molecular weight is 394 g/mol. The summed E-state index contributed by atoms with van der Waals surface area (Å²) >= 11 is 0. The number of aryl methyl sites for hydroxylation is 1. The first-order chi connectivity index (χ1) is 14.0. The lowest BCUT2D eigenvalue weighted by molar-refractivity contribution is -0.130. The van der Waals surface area contributed by atoms with Crippen LogP contribution in [0, 0.1) is 11.3 Å². The second-order valence-electron chi connectivity index (χ2n) is 8.03. The van der Waals surface area contributed by atoms with Gasteiger partial charge in [0.1, 0.15) is 0 Å². The van der Waals surface area contributed by atoms with Crippen LogP contribution in [0.4, 0.5) is 0 Å². The predicted molar refractivity (Wildman–Crippen MR) is 107 cm³/mol. The zero-order valence-corrected chi connectivity index (χ0v) is 16.5. The molecule has 0 radical (unpaired) electrons. The van der Waals surface area contributed by atoms with Crippen LogP contribution in [0.15, 0.2) is 48.9 Å². The molecule has 7 heteroatoms. The van der Waals surface area contributed by atoms with Crippen molar-refractivity contribution in [3.8, 4) is 0 Å². The molecular formula is C22H26N4O3. The van der Waals surface area contributed by atoms with E-state index in [2.05, 4.69) is 27.4 Å². The number of carbonyl (C=O) groups is 2. The zero-order valence-electron chi connectivity index (χ0n) is 16.5. The minimum Gasteiger partial charge on any atom is -0.391 e. The number of carbonyl (C=O) groups excluding carboxylic acids is 2. The number of β-amino-alcohol motifs (C(OH)–C–C–N with tert-alkyl or cyclic N) is 1. The topological polar surface area (TPSA) is 95.4 Å². The van der Waals surface area contributed by atoms with E-state index < -0.39 is 11.5 Å². The normalized spacial score (nSPS) is 27.8. The molecule has 29 heavy (non-hydrogen) atoms. The van der Waals surface area contributed by atoms with Gasteiger partial charge in [-0.1, -0.05) is 30.3 Å². The Morgan fingerprint density at radius 3 is 2.76 bits per heavy atom. The lowest BCUT2D eigenvalue weighted by atomic mass is 9.95. The summed E-state index contributed by atoms with van der Waals surface area (Å²) in [5.74, 6) is 0.178. The number of hydrogen-bond donors (Lipinski definition) is 2. The highest BCUT2D eigenvalue weighted by Gasteiger charge is 2.71. The molecule has 2 N–H and O–H groups in total. The molecule has 4 atom stereocenters. The Bertz CT molecular complexity index is 876. The average Bonchev–Trinajstić information content (AvgIpc) is 3.25.